The van der Waals surface area contributed by atoms with Gasteiger partial charge in [-0.2, -0.15) is 0 Å². The summed E-state index contributed by atoms with van der Waals surface area (Å²) >= 11 is 3.43. The molecule has 0 aliphatic carbocycles. The van der Waals surface area contributed by atoms with E-state index in [1.807, 2.05) is 0 Å². The summed E-state index contributed by atoms with van der Waals surface area (Å²) in [5, 5.41) is 1.16. The molecule has 0 heterocycles. The molecule has 1 heteroatoms. The van der Waals surface area contributed by atoms with Crippen LogP contribution in [0.1, 0.15) is 51.4 Å². The summed E-state index contributed by atoms with van der Waals surface area (Å²) in [4.78, 5) is 0. The van der Waals surface area contributed by atoms with E-state index in [0.717, 1.165) is 11.8 Å². The molecule has 0 aromatic heterocycles. The monoisotopic (exact) mass is 230 g/mol. The average Bonchev–Trinajstić information content (AvgIpc) is 2.10. The molecule has 0 atom stereocenters. The summed E-state index contributed by atoms with van der Waals surface area (Å²) in [5.74, 6) is 2.67. The van der Waals surface area contributed by atoms with Crippen LogP contribution in [0.5, 0.6) is 0 Å². The minimum absolute atomic E-state index is 0.960. The molecule has 0 aromatic rings. The maximum atomic E-state index is 5.15. The van der Waals surface area contributed by atoms with E-state index >= 15 is 0 Å². The Bertz CT molecular complexity index is 113. The van der Waals surface area contributed by atoms with E-state index in [4.69, 9.17) is 6.42 Å². The summed E-state index contributed by atoms with van der Waals surface area (Å²) in [7, 11) is 0. The largest absolute Gasteiger partial charge is 0.120 e. The number of alkyl halides is 1. The SMILES string of the molecule is C#CCCCCCCCCCBr. The third-order valence-corrected chi connectivity index (χ3v) is 2.52. The van der Waals surface area contributed by atoms with Crippen molar-refractivity contribution in [2.45, 2.75) is 51.4 Å². The standard InChI is InChI=1S/C11H19Br/c1-2-3-4-5-6-7-8-9-10-11-12/h1H,3-11H2. The van der Waals surface area contributed by atoms with E-state index in [1.54, 1.807) is 0 Å². The lowest BCUT2D eigenvalue weighted by molar-refractivity contribution is 0.596. The minimum Gasteiger partial charge on any atom is -0.120 e. The minimum atomic E-state index is 0.960. The summed E-state index contributed by atoms with van der Waals surface area (Å²) < 4.78 is 0. The van der Waals surface area contributed by atoms with E-state index in [1.165, 1.54) is 44.9 Å². The van der Waals surface area contributed by atoms with Gasteiger partial charge in [0.1, 0.15) is 0 Å². The van der Waals surface area contributed by atoms with Crippen molar-refractivity contribution in [2.24, 2.45) is 0 Å². The molecule has 0 amide bonds. The van der Waals surface area contributed by atoms with Crippen LogP contribution in [0.15, 0.2) is 0 Å². The van der Waals surface area contributed by atoms with Gasteiger partial charge in [0.25, 0.3) is 0 Å². The molecule has 0 aliphatic heterocycles. The van der Waals surface area contributed by atoms with Gasteiger partial charge < -0.3 is 0 Å². The van der Waals surface area contributed by atoms with E-state index in [9.17, 15) is 0 Å². The van der Waals surface area contributed by atoms with Crippen molar-refractivity contribution in [3.05, 3.63) is 0 Å². The second-order valence-electron chi connectivity index (χ2n) is 3.12. The van der Waals surface area contributed by atoms with Gasteiger partial charge in [0.15, 0.2) is 0 Å². The van der Waals surface area contributed by atoms with E-state index in [0.29, 0.717) is 0 Å². The lowest BCUT2D eigenvalue weighted by Crippen LogP contribution is -1.80. The van der Waals surface area contributed by atoms with Crippen molar-refractivity contribution in [3.63, 3.8) is 0 Å². The van der Waals surface area contributed by atoms with Crippen LogP contribution in [0.2, 0.25) is 0 Å². The maximum absolute atomic E-state index is 5.15. The van der Waals surface area contributed by atoms with Gasteiger partial charge in [0, 0.05) is 11.8 Å². The van der Waals surface area contributed by atoms with Crippen LogP contribution in [-0.4, -0.2) is 5.33 Å². The molecule has 0 fully saturated rings. The molecule has 12 heavy (non-hydrogen) atoms. The van der Waals surface area contributed by atoms with Gasteiger partial charge in [0.05, 0.1) is 0 Å². The van der Waals surface area contributed by atoms with Crippen LogP contribution in [0.25, 0.3) is 0 Å². The molecule has 0 aromatic carbocycles. The Morgan fingerprint density at radius 2 is 1.33 bits per heavy atom. The lowest BCUT2D eigenvalue weighted by Gasteiger charge is -1.98. The van der Waals surface area contributed by atoms with Crippen LogP contribution in [-0.2, 0) is 0 Å². The fourth-order valence-corrected chi connectivity index (χ4v) is 1.60. The average molecular weight is 231 g/mol. The summed E-state index contributed by atoms with van der Waals surface area (Å²) in [6.07, 6.45) is 15.5. The molecule has 70 valence electrons. The molecule has 0 radical (unpaired) electrons. The second-order valence-corrected chi connectivity index (χ2v) is 3.91. The Hall–Kier alpha value is 0.0400. The van der Waals surface area contributed by atoms with Crippen LogP contribution in [0, 0.1) is 12.3 Å². The number of halogens is 1. The van der Waals surface area contributed by atoms with Crippen LogP contribution >= 0.6 is 15.9 Å². The predicted octanol–water partition coefficient (Wildman–Crippen LogP) is 4.14. The van der Waals surface area contributed by atoms with E-state index in [2.05, 4.69) is 21.9 Å². The lowest BCUT2D eigenvalue weighted by atomic mass is 10.1. The van der Waals surface area contributed by atoms with Crippen molar-refractivity contribution in [1.82, 2.24) is 0 Å². The van der Waals surface area contributed by atoms with Gasteiger partial charge >= 0.3 is 0 Å². The first kappa shape index (κ1) is 12.0. The third kappa shape index (κ3) is 10.0. The van der Waals surface area contributed by atoms with Gasteiger partial charge in [-0.1, -0.05) is 48.0 Å². The molecule has 0 spiro atoms. The van der Waals surface area contributed by atoms with E-state index < -0.39 is 0 Å². The molecule has 0 unspecified atom stereocenters. The maximum Gasteiger partial charge on any atom is 0.00860 e. The van der Waals surface area contributed by atoms with E-state index in [-0.39, 0.29) is 0 Å². The molecule has 0 saturated heterocycles. The van der Waals surface area contributed by atoms with Gasteiger partial charge in [-0.3, -0.25) is 0 Å². The van der Waals surface area contributed by atoms with Crippen molar-refractivity contribution in [1.29, 1.82) is 0 Å². The van der Waals surface area contributed by atoms with Gasteiger partial charge in [0.2, 0.25) is 0 Å². The highest BCUT2D eigenvalue weighted by Gasteiger charge is 1.89. The zero-order valence-electron chi connectivity index (χ0n) is 7.82. The number of hydrogen-bond donors (Lipinski definition) is 0. The summed E-state index contributed by atoms with van der Waals surface area (Å²) in [6.45, 7) is 0. The highest BCUT2D eigenvalue weighted by Crippen LogP contribution is 2.08. The fourth-order valence-electron chi connectivity index (χ4n) is 1.21. The van der Waals surface area contributed by atoms with Crippen LogP contribution < -0.4 is 0 Å². The zero-order chi connectivity index (χ0) is 9.07. The first-order valence-corrected chi connectivity index (χ1v) is 6.03. The summed E-state index contributed by atoms with van der Waals surface area (Å²) in [5.41, 5.74) is 0. The molecule has 0 bridgehead atoms. The normalized spacial score (nSPS) is 9.67. The zero-order valence-corrected chi connectivity index (χ0v) is 9.41. The molecule has 0 nitrogen and oxygen atoms in total. The molecular weight excluding hydrogens is 212 g/mol. The van der Waals surface area contributed by atoms with Gasteiger partial charge in [-0.15, -0.1) is 12.3 Å². The number of rotatable bonds is 8. The van der Waals surface area contributed by atoms with Gasteiger partial charge in [-0.25, -0.2) is 0 Å². The molecule has 0 aliphatic rings. The number of terminal acetylenes is 1. The predicted molar refractivity (Wildman–Crippen MR) is 59.6 cm³/mol. The summed E-state index contributed by atoms with van der Waals surface area (Å²) in [6, 6.07) is 0. The Morgan fingerprint density at radius 3 is 1.83 bits per heavy atom. The molecule has 0 saturated carbocycles. The quantitative estimate of drug-likeness (QED) is 0.334. The highest BCUT2D eigenvalue weighted by molar-refractivity contribution is 9.09. The van der Waals surface area contributed by atoms with Crippen LogP contribution in [0.4, 0.5) is 0 Å². The Labute approximate surface area is 85.3 Å². The first-order chi connectivity index (χ1) is 5.91. The van der Waals surface area contributed by atoms with Crippen molar-refractivity contribution in [3.8, 4) is 12.3 Å². The Kier molecular flexibility index (Phi) is 11.1. The second kappa shape index (κ2) is 11.0. The smallest absolute Gasteiger partial charge is 0.00860 e. The van der Waals surface area contributed by atoms with Crippen molar-refractivity contribution >= 4 is 15.9 Å². The van der Waals surface area contributed by atoms with Crippen molar-refractivity contribution in [2.75, 3.05) is 5.33 Å². The Morgan fingerprint density at radius 1 is 0.833 bits per heavy atom. The number of hydrogen-bond acceptors (Lipinski definition) is 0. The fraction of sp³-hybridized carbons (Fsp3) is 0.818. The topological polar surface area (TPSA) is 0 Å². The third-order valence-electron chi connectivity index (χ3n) is 1.95. The number of unbranched alkanes of at least 4 members (excludes halogenated alkanes) is 7. The Balaban J connectivity index is 2.78. The first-order valence-electron chi connectivity index (χ1n) is 4.91. The van der Waals surface area contributed by atoms with Crippen LogP contribution in [0.3, 0.4) is 0 Å². The molecule has 0 N–H and O–H groups in total. The molecular formula is C11H19Br. The molecule has 0 rings (SSSR count). The highest BCUT2D eigenvalue weighted by atomic mass is 79.9. The van der Waals surface area contributed by atoms with Gasteiger partial charge in [-0.05, 0) is 12.8 Å². The van der Waals surface area contributed by atoms with Crippen molar-refractivity contribution < 1.29 is 0 Å².